The van der Waals surface area contributed by atoms with Gasteiger partial charge in [-0.15, -0.1) is 13.2 Å². The molecule has 4 N–H and O–H groups in total. The average Bonchev–Trinajstić information content (AvgIpc) is 3.69. The fourth-order valence-electron chi connectivity index (χ4n) is 6.72. The van der Waals surface area contributed by atoms with E-state index in [-0.39, 0.29) is 62.7 Å². The van der Waals surface area contributed by atoms with Crippen LogP contribution in [-0.4, -0.2) is 66.4 Å². The minimum absolute atomic E-state index is 0.0576. The lowest BCUT2D eigenvalue weighted by molar-refractivity contribution is -0.148. The number of aliphatic hydroxyl groups is 1. The Kier molecular flexibility index (Phi) is 13.6. The molecular weight excluding hydrogens is 622 g/mol. The first-order chi connectivity index (χ1) is 23.6. The van der Waals surface area contributed by atoms with Crippen molar-refractivity contribution in [1.82, 2.24) is 16.0 Å². The molecule has 10 nitrogen and oxygen atoms in total. The highest BCUT2D eigenvalue weighted by atomic mass is 16.6. The first-order valence-electron chi connectivity index (χ1n) is 17.3. The summed E-state index contributed by atoms with van der Waals surface area (Å²) in [4.78, 5) is 52.5. The fourth-order valence-corrected chi connectivity index (χ4v) is 6.72. The number of rotatable bonds is 18. The Labute approximate surface area is 289 Å². The van der Waals surface area contributed by atoms with Crippen molar-refractivity contribution in [3.63, 3.8) is 0 Å². The Hall–Kier alpha value is -4.44. The molecular formula is C39H51N3O7. The van der Waals surface area contributed by atoms with Gasteiger partial charge in [0, 0.05) is 12.3 Å². The second kappa shape index (κ2) is 17.8. The van der Waals surface area contributed by atoms with Gasteiger partial charge in [-0.05, 0) is 60.3 Å². The molecule has 4 rings (SSSR count). The van der Waals surface area contributed by atoms with Crippen LogP contribution in [0.25, 0.3) is 11.1 Å². The van der Waals surface area contributed by atoms with Gasteiger partial charge in [-0.25, -0.2) is 9.59 Å². The second-order valence-corrected chi connectivity index (χ2v) is 13.5. The lowest BCUT2D eigenvalue weighted by Gasteiger charge is -2.29. The highest BCUT2D eigenvalue weighted by Crippen LogP contribution is 2.44. The average molecular weight is 674 g/mol. The lowest BCUT2D eigenvalue weighted by Crippen LogP contribution is -2.51. The maximum atomic E-state index is 13.4. The van der Waals surface area contributed by atoms with Crippen LogP contribution < -0.4 is 16.0 Å². The quantitative estimate of drug-likeness (QED) is 0.120. The molecule has 2 aromatic carbocycles. The van der Waals surface area contributed by atoms with Crippen LogP contribution in [0.4, 0.5) is 4.79 Å². The molecule has 0 spiro atoms. The van der Waals surface area contributed by atoms with E-state index in [9.17, 15) is 24.3 Å². The maximum Gasteiger partial charge on any atom is 0.407 e. The van der Waals surface area contributed by atoms with Gasteiger partial charge in [0.15, 0.2) is 0 Å². The summed E-state index contributed by atoms with van der Waals surface area (Å²) in [5.74, 6) is -2.20. The van der Waals surface area contributed by atoms with E-state index in [0.717, 1.165) is 35.1 Å². The number of aliphatic hydroxyl groups excluding tert-OH is 1. The molecule has 2 aromatic rings. The number of carbonyl (C=O) groups is 4. The van der Waals surface area contributed by atoms with Gasteiger partial charge >= 0.3 is 12.1 Å². The van der Waals surface area contributed by atoms with Gasteiger partial charge < -0.3 is 30.5 Å². The molecule has 2 aliphatic carbocycles. The zero-order valence-electron chi connectivity index (χ0n) is 28.7. The molecule has 1 saturated carbocycles. The Morgan fingerprint density at radius 1 is 0.939 bits per heavy atom. The number of hydrogen-bond donors (Lipinski definition) is 4. The van der Waals surface area contributed by atoms with Crippen molar-refractivity contribution >= 4 is 23.9 Å². The first kappa shape index (κ1) is 37.4. The van der Waals surface area contributed by atoms with Gasteiger partial charge in [-0.1, -0.05) is 87.4 Å². The smallest absolute Gasteiger partial charge is 0.407 e. The third-order valence-corrected chi connectivity index (χ3v) is 9.64. The van der Waals surface area contributed by atoms with Crippen LogP contribution in [0, 0.1) is 11.8 Å². The van der Waals surface area contributed by atoms with Gasteiger partial charge in [0.1, 0.15) is 19.3 Å². The van der Waals surface area contributed by atoms with Gasteiger partial charge in [-0.2, -0.15) is 0 Å². The van der Waals surface area contributed by atoms with E-state index in [2.05, 4.69) is 41.2 Å². The van der Waals surface area contributed by atoms with Crippen LogP contribution in [0.3, 0.4) is 0 Å². The number of hydrogen-bond acceptors (Lipinski definition) is 7. The molecule has 1 fully saturated rings. The van der Waals surface area contributed by atoms with Crippen molar-refractivity contribution in [2.75, 3.05) is 19.8 Å². The van der Waals surface area contributed by atoms with Crippen LogP contribution in [0.15, 0.2) is 73.8 Å². The largest absolute Gasteiger partial charge is 0.462 e. The Bertz CT molecular complexity index is 1440. The molecule has 264 valence electrons. The lowest BCUT2D eigenvalue weighted by atomic mass is 9.95. The van der Waals surface area contributed by atoms with E-state index in [0.29, 0.717) is 19.3 Å². The zero-order chi connectivity index (χ0) is 35.4. The molecule has 0 aliphatic heterocycles. The third-order valence-electron chi connectivity index (χ3n) is 9.64. The minimum atomic E-state index is -0.983. The molecule has 0 saturated heterocycles. The van der Waals surface area contributed by atoms with Crippen LogP contribution in [-0.2, 0) is 23.9 Å². The number of alkyl carbamates (subject to hydrolysis) is 1. The van der Waals surface area contributed by atoms with E-state index in [4.69, 9.17) is 9.47 Å². The van der Waals surface area contributed by atoms with Crippen molar-refractivity contribution in [2.24, 2.45) is 11.8 Å². The van der Waals surface area contributed by atoms with Crippen LogP contribution >= 0.6 is 0 Å². The molecule has 3 amide bonds. The summed E-state index contributed by atoms with van der Waals surface area (Å²) in [6, 6.07) is 14.6. The first-order valence-corrected chi connectivity index (χ1v) is 17.3. The Morgan fingerprint density at radius 3 is 2.14 bits per heavy atom. The molecule has 0 bridgehead atoms. The van der Waals surface area contributed by atoms with Gasteiger partial charge in [0.05, 0.1) is 24.1 Å². The number of ether oxygens (including phenoxy) is 2. The maximum absolute atomic E-state index is 13.4. The van der Waals surface area contributed by atoms with Crippen molar-refractivity contribution in [2.45, 2.75) is 88.8 Å². The number of benzene rings is 2. The molecule has 10 heteroatoms. The normalized spacial score (nSPS) is 16.4. The third kappa shape index (κ3) is 9.81. The predicted molar refractivity (Wildman–Crippen MR) is 188 cm³/mol. The number of esters is 1. The van der Waals surface area contributed by atoms with Crippen molar-refractivity contribution in [3.05, 3.63) is 85.0 Å². The summed E-state index contributed by atoms with van der Waals surface area (Å²) < 4.78 is 11.3. The Balaban J connectivity index is 1.32. The van der Waals surface area contributed by atoms with Gasteiger partial charge in [0.25, 0.3) is 0 Å². The van der Waals surface area contributed by atoms with Crippen molar-refractivity contribution in [1.29, 1.82) is 0 Å². The van der Waals surface area contributed by atoms with Crippen LogP contribution in [0.5, 0.6) is 0 Å². The summed E-state index contributed by atoms with van der Waals surface area (Å²) in [5, 5.41) is 18.5. The Morgan fingerprint density at radius 2 is 1.57 bits per heavy atom. The number of allylic oxidation sites excluding steroid dienone is 2. The molecule has 49 heavy (non-hydrogen) atoms. The topological polar surface area (TPSA) is 143 Å². The molecule has 0 aromatic heterocycles. The molecule has 2 aliphatic rings. The summed E-state index contributed by atoms with van der Waals surface area (Å²) >= 11 is 0. The number of nitrogens with one attached hydrogen (secondary N) is 3. The summed E-state index contributed by atoms with van der Waals surface area (Å²) in [6.07, 6.45) is 6.74. The standard InChI is InChI=1S/C39H51N3O7/c1-5-7-19-33(41-38(47)49-23-32-30-17-10-8-15-28(30)29-16-9-11-18-31(29)32)37(46)48-24-34(26(3)4)40-36(45)27(14-6-2)22-35(44)42-39(25-43)20-12-13-21-39/h5-6,8-11,15-18,26-27,32-34,43H,1-2,7,12-14,19-25H2,3-4H3,(H,40,45)(H,41,47)(H,42,44). The highest BCUT2D eigenvalue weighted by molar-refractivity contribution is 5.86. The summed E-state index contributed by atoms with van der Waals surface area (Å²) in [6.45, 7) is 11.1. The molecule has 0 radical (unpaired) electrons. The fraction of sp³-hybridized carbons (Fsp3) is 0.487. The summed E-state index contributed by atoms with van der Waals surface area (Å²) in [5.41, 5.74) is 3.77. The van der Waals surface area contributed by atoms with Gasteiger partial charge in [-0.3, -0.25) is 9.59 Å². The predicted octanol–water partition coefficient (Wildman–Crippen LogP) is 5.55. The van der Waals surface area contributed by atoms with Crippen molar-refractivity contribution in [3.8, 4) is 11.1 Å². The van der Waals surface area contributed by atoms with E-state index < -0.39 is 35.6 Å². The highest BCUT2D eigenvalue weighted by Gasteiger charge is 2.36. The van der Waals surface area contributed by atoms with Gasteiger partial charge in [0.2, 0.25) is 11.8 Å². The monoisotopic (exact) mass is 673 g/mol. The molecule has 3 unspecified atom stereocenters. The van der Waals surface area contributed by atoms with E-state index in [1.807, 2.05) is 50.2 Å². The zero-order valence-corrected chi connectivity index (χ0v) is 28.7. The van der Waals surface area contributed by atoms with E-state index in [1.165, 1.54) is 0 Å². The van der Waals surface area contributed by atoms with E-state index in [1.54, 1.807) is 12.2 Å². The van der Waals surface area contributed by atoms with E-state index >= 15 is 0 Å². The number of carbonyl (C=O) groups excluding carboxylic acids is 4. The van der Waals surface area contributed by atoms with Crippen LogP contribution in [0.2, 0.25) is 0 Å². The van der Waals surface area contributed by atoms with Crippen LogP contribution in [0.1, 0.15) is 82.3 Å². The number of fused-ring (bicyclic) bond motifs is 3. The van der Waals surface area contributed by atoms with Crippen molar-refractivity contribution < 1.29 is 33.8 Å². The SMILES string of the molecule is C=CCCC(NC(=O)OCC1c2ccccc2-c2ccccc21)C(=O)OCC(NC(=O)C(CC=C)CC(=O)NC1(CO)CCCC1)C(C)C. The number of amides is 3. The second-order valence-electron chi connectivity index (χ2n) is 13.5. The minimum Gasteiger partial charge on any atom is -0.462 e. The summed E-state index contributed by atoms with van der Waals surface area (Å²) in [7, 11) is 0. The molecule has 3 atom stereocenters. The molecule has 0 heterocycles.